The van der Waals surface area contributed by atoms with Crippen molar-refractivity contribution in [1.29, 1.82) is 0 Å². The molecule has 3 rings (SSSR count). The number of hydrogen-bond acceptors (Lipinski definition) is 5. The zero-order valence-electron chi connectivity index (χ0n) is 12.7. The molecule has 5 heteroatoms. The van der Waals surface area contributed by atoms with Gasteiger partial charge >= 0.3 is 0 Å². The monoisotopic (exact) mass is 290 g/mol. The molecular weight excluding hydrogens is 268 g/mol. The van der Waals surface area contributed by atoms with Crippen LogP contribution in [0.2, 0.25) is 0 Å². The predicted molar refractivity (Wildman–Crippen MR) is 86.9 cm³/mol. The smallest absolute Gasteiger partial charge is 0.225 e. The second kappa shape index (κ2) is 4.88. The van der Waals surface area contributed by atoms with Gasteiger partial charge < -0.3 is 10.2 Å². The van der Waals surface area contributed by atoms with Gasteiger partial charge in [0, 0.05) is 25.0 Å². The van der Waals surface area contributed by atoms with E-state index in [-0.39, 0.29) is 0 Å². The van der Waals surface area contributed by atoms with Crippen LogP contribution in [0.5, 0.6) is 0 Å². The lowest BCUT2D eigenvalue weighted by molar-refractivity contribution is 0.292. The first-order valence-electron chi connectivity index (χ1n) is 7.19. The summed E-state index contributed by atoms with van der Waals surface area (Å²) in [6, 6.07) is 2.22. The standard InChI is InChI=1S/C15H22N4S/c1-10-8-11-12(17-14(16-4)18-13(11)20-10)19-7-5-6-15(2,3)9-19/h8H,5-7,9H2,1-4H3,(H,16,17,18). The molecule has 1 N–H and O–H groups in total. The van der Waals surface area contributed by atoms with Gasteiger partial charge in [-0.25, -0.2) is 4.98 Å². The summed E-state index contributed by atoms with van der Waals surface area (Å²) in [5.74, 6) is 1.81. The van der Waals surface area contributed by atoms with Crippen LogP contribution in [-0.2, 0) is 0 Å². The quantitative estimate of drug-likeness (QED) is 0.916. The summed E-state index contributed by atoms with van der Waals surface area (Å²) in [6.07, 6.45) is 2.52. The van der Waals surface area contributed by atoms with Crippen molar-refractivity contribution in [3.8, 4) is 0 Å². The van der Waals surface area contributed by atoms with Gasteiger partial charge in [0.15, 0.2) is 0 Å². The van der Waals surface area contributed by atoms with Crippen molar-refractivity contribution in [3.05, 3.63) is 10.9 Å². The van der Waals surface area contributed by atoms with E-state index in [9.17, 15) is 0 Å². The molecule has 0 aromatic carbocycles. The summed E-state index contributed by atoms with van der Waals surface area (Å²) in [4.78, 5) is 14.1. The molecular formula is C15H22N4S. The van der Waals surface area contributed by atoms with Crippen LogP contribution in [0, 0.1) is 12.3 Å². The molecule has 108 valence electrons. The third-order valence-corrected chi connectivity index (χ3v) is 4.86. The van der Waals surface area contributed by atoms with Gasteiger partial charge in [0.25, 0.3) is 0 Å². The Labute approximate surface area is 124 Å². The van der Waals surface area contributed by atoms with E-state index in [1.165, 1.54) is 23.1 Å². The Kier molecular flexibility index (Phi) is 3.32. The Morgan fingerprint density at radius 2 is 2.15 bits per heavy atom. The molecule has 1 saturated heterocycles. The molecule has 0 unspecified atom stereocenters. The van der Waals surface area contributed by atoms with Crippen LogP contribution in [-0.4, -0.2) is 30.1 Å². The van der Waals surface area contributed by atoms with Crippen LogP contribution < -0.4 is 10.2 Å². The van der Waals surface area contributed by atoms with E-state index in [2.05, 4.69) is 42.0 Å². The van der Waals surface area contributed by atoms with Crippen molar-refractivity contribution in [2.45, 2.75) is 33.6 Å². The number of nitrogens with one attached hydrogen (secondary N) is 1. The molecule has 1 aliphatic heterocycles. The molecule has 2 aromatic rings. The molecule has 1 aliphatic rings. The average Bonchev–Trinajstić information content (AvgIpc) is 2.76. The first-order chi connectivity index (χ1) is 9.48. The SMILES string of the molecule is CNc1nc(N2CCCC(C)(C)C2)c2cc(C)sc2n1. The van der Waals surface area contributed by atoms with Crippen LogP contribution in [0.25, 0.3) is 10.2 Å². The molecule has 0 amide bonds. The number of thiophene rings is 1. The van der Waals surface area contributed by atoms with Crippen molar-refractivity contribution in [1.82, 2.24) is 9.97 Å². The topological polar surface area (TPSA) is 41.1 Å². The number of rotatable bonds is 2. The Hall–Kier alpha value is -1.36. The van der Waals surface area contributed by atoms with Gasteiger partial charge in [-0.1, -0.05) is 13.8 Å². The van der Waals surface area contributed by atoms with Crippen LogP contribution in [0.3, 0.4) is 0 Å². The van der Waals surface area contributed by atoms with Crippen LogP contribution in [0.15, 0.2) is 6.07 Å². The largest absolute Gasteiger partial charge is 0.357 e. The van der Waals surface area contributed by atoms with Crippen molar-refractivity contribution in [3.63, 3.8) is 0 Å². The fourth-order valence-electron chi connectivity index (χ4n) is 2.98. The lowest BCUT2D eigenvalue weighted by Crippen LogP contribution is -2.40. The number of anilines is 2. The van der Waals surface area contributed by atoms with E-state index < -0.39 is 0 Å². The van der Waals surface area contributed by atoms with Gasteiger partial charge in [-0.3, -0.25) is 0 Å². The van der Waals surface area contributed by atoms with Gasteiger partial charge in [0.1, 0.15) is 10.6 Å². The maximum absolute atomic E-state index is 4.73. The first kappa shape index (κ1) is 13.6. The third-order valence-electron chi connectivity index (χ3n) is 3.92. The minimum Gasteiger partial charge on any atom is -0.357 e. The molecule has 0 saturated carbocycles. The highest BCUT2D eigenvalue weighted by Crippen LogP contribution is 2.36. The number of hydrogen-bond donors (Lipinski definition) is 1. The summed E-state index contributed by atoms with van der Waals surface area (Å²) in [5.41, 5.74) is 0.362. The molecule has 1 fully saturated rings. The van der Waals surface area contributed by atoms with Crippen molar-refractivity contribution in [2.75, 3.05) is 30.4 Å². The molecule has 3 heterocycles. The second-order valence-electron chi connectivity index (χ2n) is 6.39. The summed E-state index contributed by atoms with van der Waals surface area (Å²) >= 11 is 1.74. The highest BCUT2D eigenvalue weighted by Gasteiger charge is 2.28. The highest BCUT2D eigenvalue weighted by molar-refractivity contribution is 7.18. The van der Waals surface area contributed by atoms with Crippen molar-refractivity contribution < 1.29 is 0 Å². The normalized spacial score (nSPS) is 18.5. The molecule has 0 atom stereocenters. The lowest BCUT2D eigenvalue weighted by Gasteiger charge is -2.39. The van der Waals surface area contributed by atoms with E-state index in [0.29, 0.717) is 5.41 Å². The Balaban J connectivity index is 2.09. The van der Waals surface area contributed by atoms with Crippen LogP contribution >= 0.6 is 11.3 Å². The highest BCUT2D eigenvalue weighted by atomic mass is 32.1. The number of nitrogens with zero attached hydrogens (tertiary/aromatic N) is 3. The number of aromatic nitrogens is 2. The van der Waals surface area contributed by atoms with Crippen molar-refractivity contribution >= 4 is 33.3 Å². The Morgan fingerprint density at radius 1 is 1.35 bits per heavy atom. The second-order valence-corrected chi connectivity index (χ2v) is 7.62. The van der Waals surface area contributed by atoms with Crippen LogP contribution in [0.4, 0.5) is 11.8 Å². The first-order valence-corrected chi connectivity index (χ1v) is 8.01. The Bertz CT molecular complexity index is 632. The van der Waals surface area contributed by atoms with E-state index in [1.807, 2.05) is 7.05 Å². The molecule has 20 heavy (non-hydrogen) atoms. The number of fused-ring (bicyclic) bond motifs is 1. The summed E-state index contributed by atoms with van der Waals surface area (Å²) in [7, 11) is 1.88. The molecule has 0 bridgehead atoms. The third kappa shape index (κ3) is 2.46. The van der Waals surface area contributed by atoms with Gasteiger partial charge in [-0.2, -0.15) is 4.98 Å². The van der Waals surface area contributed by atoms with E-state index >= 15 is 0 Å². The molecule has 0 radical (unpaired) electrons. The maximum atomic E-state index is 4.73. The van der Waals surface area contributed by atoms with Gasteiger partial charge in [-0.15, -0.1) is 11.3 Å². The number of piperidine rings is 1. The molecule has 4 nitrogen and oxygen atoms in total. The van der Waals surface area contributed by atoms with E-state index in [4.69, 9.17) is 4.98 Å². The lowest BCUT2D eigenvalue weighted by atomic mass is 9.84. The van der Waals surface area contributed by atoms with Gasteiger partial charge in [-0.05, 0) is 31.2 Å². The van der Waals surface area contributed by atoms with Crippen molar-refractivity contribution in [2.24, 2.45) is 5.41 Å². The zero-order chi connectivity index (χ0) is 14.3. The van der Waals surface area contributed by atoms with Gasteiger partial charge in [0.2, 0.25) is 5.95 Å². The molecule has 2 aromatic heterocycles. The summed E-state index contributed by atoms with van der Waals surface area (Å²) in [6.45, 7) is 8.98. The van der Waals surface area contributed by atoms with E-state index in [0.717, 1.165) is 29.7 Å². The fourth-order valence-corrected chi connectivity index (χ4v) is 3.86. The minimum atomic E-state index is 0.362. The summed E-state index contributed by atoms with van der Waals surface area (Å²) < 4.78 is 0. The molecule has 0 aliphatic carbocycles. The summed E-state index contributed by atoms with van der Waals surface area (Å²) in [5, 5.41) is 4.28. The fraction of sp³-hybridized carbons (Fsp3) is 0.600. The minimum absolute atomic E-state index is 0.362. The zero-order valence-corrected chi connectivity index (χ0v) is 13.5. The average molecular weight is 290 g/mol. The van der Waals surface area contributed by atoms with Gasteiger partial charge in [0.05, 0.1) is 5.39 Å². The Morgan fingerprint density at radius 3 is 2.85 bits per heavy atom. The van der Waals surface area contributed by atoms with E-state index in [1.54, 1.807) is 11.3 Å². The predicted octanol–water partition coefficient (Wildman–Crippen LogP) is 3.67. The maximum Gasteiger partial charge on any atom is 0.225 e. The van der Waals surface area contributed by atoms with Crippen LogP contribution in [0.1, 0.15) is 31.6 Å². The number of aryl methyl sites for hydroxylation is 1. The molecule has 0 spiro atoms.